The Morgan fingerprint density at radius 3 is 2.00 bits per heavy atom. The van der Waals surface area contributed by atoms with Gasteiger partial charge in [-0.05, 0) is 44.1 Å². The lowest BCUT2D eigenvalue weighted by molar-refractivity contribution is 0.365. The molecule has 1 heterocycles. The largest absolute Gasteiger partial charge is 0.338 e. The third kappa shape index (κ3) is 6.11. The lowest BCUT2D eigenvalue weighted by Gasteiger charge is -2.29. The number of hydrogen-bond acceptors (Lipinski definition) is 1. The lowest BCUT2D eigenvalue weighted by atomic mass is 9.55. The molecule has 0 bridgehead atoms. The van der Waals surface area contributed by atoms with E-state index in [9.17, 15) is 0 Å². The van der Waals surface area contributed by atoms with Crippen LogP contribution in [0.25, 0.3) is 0 Å². The second kappa shape index (κ2) is 7.76. The number of rotatable bonds is 7. The molecule has 17 heavy (non-hydrogen) atoms. The Labute approximate surface area is 108 Å². The fourth-order valence-corrected chi connectivity index (χ4v) is 2.13. The lowest BCUT2D eigenvalue weighted by Crippen LogP contribution is -2.40. The summed E-state index contributed by atoms with van der Waals surface area (Å²) < 4.78 is 0. The van der Waals surface area contributed by atoms with Crippen LogP contribution in [0.1, 0.15) is 40.5 Å². The molecule has 0 aromatic carbocycles. The molecule has 2 heteroatoms. The number of hydrogen-bond donors (Lipinski definition) is 0. The maximum atomic E-state index is 2.67. The van der Waals surface area contributed by atoms with Crippen LogP contribution in [0.4, 0.5) is 0 Å². The van der Waals surface area contributed by atoms with Crippen molar-refractivity contribution in [2.75, 3.05) is 13.1 Å². The molecule has 0 amide bonds. The zero-order chi connectivity index (χ0) is 12.7. The van der Waals surface area contributed by atoms with E-state index in [0.717, 1.165) is 11.8 Å². The van der Waals surface area contributed by atoms with Crippen molar-refractivity contribution in [3.05, 3.63) is 24.2 Å². The Kier molecular flexibility index (Phi) is 6.65. The molecule has 1 nitrogen and oxygen atoms in total. The minimum absolute atomic E-state index is 0.637. The second-order valence-electron chi connectivity index (χ2n) is 6.02. The zero-order valence-corrected chi connectivity index (χ0v) is 12.0. The van der Waals surface area contributed by atoms with Gasteiger partial charge in [-0.2, -0.15) is 0 Å². The molecular formula is C15H28BN. The summed E-state index contributed by atoms with van der Waals surface area (Å²) >= 11 is 0. The van der Waals surface area contributed by atoms with Gasteiger partial charge in [0.15, 0.2) is 0 Å². The molecule has 0 saturated carbocycles. The Morgan fingerprint density at radius 2 is 1.59 bits per heavy atom. The van der Waals surface area contributed by atoms with Crippen LogP contribution in [0, 0.1) is 11.8 Å². The summed E-state index contributed by atoms with van der Waals surface area (Å²) in [4.78, 5) is 2.67. The monoisotopic (exact) mass is 233 g/mol. The Morgan fingerprint density at radius 1 is 1.00 bits per heavy atom. The third-order valence-corrected chi connectivity index (χ3v) is 3.41. The van der Waals surface area contributed by atoms with Crippen molar-refractivity contribution in [3.8, 4) is 0 Å². The average molecular weight is 233 g/mol. The van der Waals surface area contributed by atoms with Gasteiger partial charge in [-0.3, -0.25) is 0 Å². The first kappa shape index (κ1) is 14.6. The van der Waals surface area contributed by atoms with Crippen molar-refractivity contribution in [1.29, 1.82) is 0 Å². The summed E-state index contributed by atoms with van der Waals surface area (Å²) in [6.45, 7) is 12.4. The van der Waals surface area contributed by atoms with Gasteiger partial charge in [0.05, 0.1) is 0 Å². The van der Waals surface area contributed by atoms with Crippen LogP contribution < -0.4 is 0 Å². The van der Waals surface area contributed by atoms with Crippen LogP contribution in [0.5, 0.6) is 0 Å². The van der Waals surface area contributed by atoms with E-state index in [4.69, 9.17) is 0 Å². The highest BCUT2D eigenvalue weighted by Crippen LogP contribution is 2.13. The molecule has 0 fully saturated rings. The van der Waals surface area contributed by atoms with Crippen LogP contribution in [-0.2, 0) is 0 Å². The first-order valence-corrected chi connectivity index (χ1v) is 7.17. The normalized spacial score (nSPS) is 15.6. The van der Waals surface area contributed by atoms with Crippen LogP contribution in [0.15, 0.2) is 24.2 Å². The number of nitrogens with zero attached hydrogens (tertiary/aromatic N) is 1. The van der Waals surface area contributed by atoms with Gasteiger partial charge in [-0.25, -0.2) is 0 Å². The van der Waals surface area contributed by atoms with E-state index in [2.05, 4.69) is 56.7 Å². The highest BCUT2D eigenvalue weighted by molar-refractivity contribution is 6.62. The van der Waals surface area contributed by atoms with Crippen LogP contribution in [-0.4, -0.2) is 24.7 Å². The zero-order valence-electron chi connectivity index (χ0n) is 12.0. The fraction of sp³-hybridized carbons (Fsp3) is 0.733. The Bertz CT molecular complexity index is 244. The molecule has 0 aliphatic carbocycles. The molecule has 0 saturated heterocycles. The van der Waals surface area contributed by atoms with Crippen molar-refractivity contribution in [3.63, 3.8) is 0 Å². The van der Waals surface area contributed by atoms with Crippen molar-refractivity contribution in [2.24, 2.45) is 11.8 Å². The van der Waals surface area contributed by atoms with Crippen molar-refractivity contribution in [2.45, 2.75) is 46.9 Å². The highest BCUT2D eigenvalue weighted by atomic mass is 15.0. The highest BCUT2D eigenvalue weighted by Gasteiger charge is 2.20. The summed E-state index contributed by atoms with van der Waals surface area (Å²) in [6.07, 6.45) is 10.5. The number of allylic oxidation sites excluding steroid dienone is 3. The van der Waals surface area contributed by atoms with E-state index in [1.807, 2.05) is 0 Å². The molecule has 0 spiro atoms. The minimum Gasteiger partial charge on any atom is -0.338 e. The average Bonchev–Trinajstić information content (AvgIpc) is 2.29. The standard InChI is InChI=1S/C15H28BN/c1-14(2)8-12-17(13-9-15(3)4)16-10-6-5-7-11-16/h5-7,10,14-15H,8-9,11-13H2,1-4H3. The van der Waals surface area contributed by atoms with Crippen molar-refractivity contribution in [1.82, 2.24) is 4.81 Å². The predicted octanol–water partition coefficient (Wildman–Crippen LogP) is 4.04. The van der Waals surface area contributed by atoms with Crippen LogP contribution >= 0.6 is 0 Å². The predicted molar refractivity (Wildman–Crippen MR) is 79.3 cm³/mol. The molecule has 96 valence electrons. The third-order valence-electron chi connectivity index (χ3n) is 3.41. The van der Waals surface area contributed by atoms with Gasteiger partial charge in [0, 0.05) is 0 Å². The quantitative estimate of drug-likeness (QED) is 0.600. The van der Waals surface area contributed by atoms with Crippen LogP contribution in [0.2, 0.25) is 6.32 Å². The molecular weight excluding hydrogens is 205 g/mol. The molecule has 0 aromatic rings. The SMILES string of the molecule is CC(C)CCN(CCC(C)C)B1C=CC=CC1. The smallest absolute Gasteiger partial charge is 0.253 e. The van der Waals surface area contributed by atoms with Gasteiger partial charge >= 0.3 is 0 Å². The van der Waals surface area contributed by atoms with Gasteiger partial charge in [0.1, 0.15) is 0 Å². The molecule has 0 N–H and O–H groups in total. The van der Waals surface area contributed by atoms with E-state index in [-0.39, 0.29) is 0 Å². The van der Waals surface area contributed by atoms with Gasteiger partial charge in [-0.1, -0.05) is 51.9 Å². The van der Waals surface area contributed by atoms with E-state index < -0.39 is 0 Å². The minimum atomic E-state index is 0.637. The molecule has 0 aromatic heterocycles. The Hall–Kier alpha value is -0.495. The van der Waals surface area contributed by atoms with E-state index in [0.29, 0.717) is 6.85 Å². The van der Waals surface area contributed by atoms with Gasteiger partial charge in [0.25, 0.3) is 6.85 Å². The van der Waals surface area contributed by atoms with E-state index in [1.165, 1.54) is 32.3 Å². The maximum absolute atomic E-state index is 2.67. The van der Waals surface area contributed by atoms with E-state index in [1.54, 1.807) is 0 Å². The van der Waals surface area contributed by atoms with Gasteiger partial charge in [-0.15, -0.1) is 0 Å². The fourth-order valence-electron chi connectivity index (χ4n) is 2.13. The molecule has 0 radical (unpaired) electrons. The van der Waals surface area contributed by atoms with Crippen LogP contribution in [0.3, 0.4) is 0 Å². The molecule has 0 unspecified atom stereocenters. The Balaban J connectivity index is 2.45. The summed E-state index contributed by atoms with van der Waals surface area (Å²) in [6, 6.07) is 0. The topological polar surface area (TPSA) is 3.24 Å². The summed E-state index contributed by atoms with van der Waals surface area (Å²) in [5.74, 6) is 3.97. The first-order valence-electron chi connectivity index (χ1n) is 7.17. The van der Waals surface area contributed by atoms with Gasteiger partial charge in [0.2, 0.25) is 0 Å². The van der Waals surface area contributed by atoms with E-state index >= 15 is 0 Å². The van der Waals surface area contributed by atoms with Crippen molar-refractivity contribution < 1.29 is 0 Å². The summed E-state index contributed by atoms with van der Waals surface area (Å²) in [5.41, 5.74) is 0. The van der Waals surface area contributed by atoms with Gasteiger partial charge < -0.3 is 4.81 Å². The molecule has 1 rings (SSSR count). The molecule has 0 atom stereocenters. The first-order chi connectivity index (χ1) is 8.09. The van der Waals surface area contributed by atoms with Crippen molar-refractivity contribution >= 4 is 6.85 Å². The summed E-state index contributed by atoms with van der Waals surface area (Å²) in [5, 5.41) is 0. The molecule has 1 aliphatic rings. The molecule has 1 aliphatic heterocycles. The second-order valence-corrected chi connectivity index (χ2v) is 6.02. The maximum Gasteiger partial charge on any atom is 0.253 e. The summed E-state index contributed by atoms with van der Waals surface area (Å²) in [7, 11) is 0.